The van der Waals surface area contributed by atoms with Crippen LogP contribution < -0.4 is 25.6 Å². The Balaban J connectivity index is 0.624. The van der Waals surface area contributed by atoms with Crippen LogP contribution in [0.2, 0.25) is 0 Å². The summed E-state index contributed by atoms with van der Waals surface area (Å²) >= 11 is 0. The Morgan fingerprint density at radius 3 is 2.35 bits per heavy atom. The van der Waals surface area contributed by atoms with Crippen molar-refractivity contribution in [2.75, 3.05) is 62.6 Å². The zero-order chi connectivity index (χ0) is 46.7. The van der Waals surface area contributed by atoms with Crippen molar-refractivity contribution >= 4 is 63.8 Å². The molecular weight excluding hydrogens is 867 g/mol. The van der Waals surface area contributed by atoms with Gasteiger partial charge in [-0.15, -0.1) is 0 Å². The molecule has 6 heterocycles. The molecule has 1 aliphatic carbocycles. The highest BCUT2D eigenvalue weighted by Gasteiger charge is 2.46. The highest BCUT2D eigenvalue weighted by atomic mass is 16.5. The first-order valence-corrected chi connectivity index (χ1v) is 23.8. The number of fused-ring (bicyclic) bond motifs is 2. The number of amides is 6. The van der Waals surface area contributed by atoms with Crippen molar-refractivity contribution in [2.45, 2.75) is 75.9 Å². The van der Waals surface area contributed by atoms with E-state index in [0.717, 1.165) is 93.0 Å². The molecule has 5 aliphatic rings. The number of imide groups is 2. The summed E-state index contributed by atoms with van der Waals surface area (Å²) in [4.78, 5) is 97.9. The molecule has 0 bridgehead atoms. The number of piperidine rings is 2. The van der Waals surface area contributed by atoms with Gasteiger partial charge in [0.05, 0.1) is 23.9 Å². The summed E-state index contributed by atoms with van der Waals surface area (Å²) in [7, 11) is 0. The highest BCUT2D eigenvalue weighted by molar-refractivity contribution is 6.24. The summed E-state index contributed by atoms with van der Waals surface area (Å²) in [5.41, 5.74) is 4.74. The van der Waals surface area contributed by atoms with Crippen molar-refractivity contribution in [3.63, 3.8) is 0 Å². The molecule has 3 saturated heterocycles. The van der Waals surface area contributed by atoms with Gasteiger partial charge in [0, 0.05) is 69.1 Å². The van der Waals surface area contributed by atoms with Crippen LogP contribution in [0, 0.1) is 5.92 Å². The lowest BCUT2D eigenvalue weighted by atomic mass is 9.86. The van der Waals surface area contributed by atoms with E-state index < -0.39 is 29.7 Å². The van der Waals surface area contributed by atoms with Crippen molar-refractivity contribution in [3.05, 3.63) is 102 Å². The van der Waals surface area contributed by atoms with E-state index in [1.54, 1.807) is 23.4 Å². The average molecular weight is 922 g/mol. The summed E-state index contributed by atoms with van der Waals surface area (Å²) in [5, 5.41) is 8.81. The molecule has 3 aromatic carbocycles. The number of imidazole rings is 1. The number of nitrogens with one attached hydrogen (secondary N) is 3. The van der Waals surface area contributed by atoms with Crippen LogP contribution in [0.15, 0.2) is 85.5 Å². The van der Waals surface area contributed by atoms with E-state index in [4.69, 9.17) is 4.74 Å². The maximum atomic E-state index is 13.4. The van der Waals surface area contributed by atoms with Crippen LogP contribution in [-0.2, 0) is 25.6 Å². The van der Waals surface area contributed by atoms with E-state index in [9.17, 15) is 28.8 Å². The van der Waals surface area contributed by atoms with Gasteiger partial charge in [-0.25, -0.2) is 15.0 Å². The topological polar surface area (TPSA) is 204 Å². The molecule has 2 aromatic heterocycles. The molecule has 0 unspecified atom stereocenters. The Kier molecular flexibility index (Phi) is 12.8. The SMILES string of the molecule is O=C1CC[C@H](N2C(=O)c3cccc(OCC(=O)N4CCC(CCCN5CCN(c6ccc(Nc7ncnc8c7ncn8C7CC(NC(=O)Cc8ccccc8)C7)cc6)CC5)CC4)c3C2=O)C(=O)N1. The smallest absolute Gasteiger partial charge is 0.266 e. The molecule has 0 spiro atoms. The van der Waals surface area contributed by atoms with Gasteiger partial charge in [0.1, 0.15) is 18.1 Å². The van der Waals surface area contributed by atoms with Crippen molar-refractivity contribution in [3.8, 4) is 5.75 Å². The number of benzene rings is 3. The van der Waals surface area contributed by atoms with Gasteiger partial charge in [0.25, 0.3) is 17.7 Å². The first-order valence-electron chi connectivity index (χ1n) is 23.8. The van der Waals surface area contributed by atoms with E-state index in [-0.39, 0.29) is 60.2 Å². The van der Waals surface area contributed by atoms with Crippen molar-refractivity contribution in [1.82, 2.24) is 44.9 Å². The second kappa shape index (κ2) is 19.6. The predicted octanol–water partition coefficient (Wildman–Crippen LogP) is 4.25. The van der Waals surface area contributed by atoms with Gasteiger partial charge in [0.2, 0.25) is 17.7 Å². The van der Waals surface area contributed by atoms with E-state index >= 15 is 0 Å². The number of likely N-dealkylation sites (tertiary alicyclic amines) is 1. The predicted molar refractivity (Wildman–Crippen MR) is 251 cm³/mol. The number of hydrogen-bond donors (Lipinski definition) is 3. The fourth-order valence-electron chi connectivity index (χ4n) is 10.2. The molecule has 18 nitrogen and oxygen atoms in total. The second-order valence-electron chi connectivity index (χ2n) is 18.5. The molecule has 5 aromatic rings. The van der Waals surface area contributed by atoms with Crippen molar-refractivity contribution < 1.29 is 33.5 Å². The van der Waals surface area contributed by atoms with Crippen molar-refractivity contribution in [2.24, 2.45) is 5.92 Å². The minimum absolute atomic E-state index is 0.0311. The summed E-state index contributed by atoms with van der Waals surface area (Å²) in [6.45, 7) is 5.95. The normalized spacial score (nSPS) is 21.1. The molecular formula is C50H55N11O7. The van der Waals surface area contributed by atoms with E-state index in [1.165, 1.54) is 11.8 Å². The van der Waals surface area contributed by atoms with Crippen LogP contribution in [0.4, 0.5) is 17.2 Å². The Hall–Kier alpha value is -7.21. The zero-order valence-corrected chi connectivity index (χ0v) is 37.8. The quantitative estimate of drug-likeness (QED) is 0.126. The van der Waals surface area contributed by atoms with E-state index in [1.807, 2.05) is 36.7 Å². The number of aromatic nitrogens is 4. The molecule has 68 heavy (non-hydrogen) atoms. The summed E-state index contributed by atoms with van der Waals surface area (Å²) in [6, 6.07) is 22.1. The number of anilines is 3. The molecule has 0 radical (unpaired) electrons. The first-order chi connectivity index (χ1) is 33.1. The molecule has 4 fully saturated rings. The summed E-state index contributed by atoms with van der Waals surface area (Å²) in [5.74, 6) is -1.22. The third-order valence-corrected chi connectivity index (χ3v) is 14.1. The number of rotatable bonds is 15. The first kappa shape index (κ1) is 44.6. The van der Waals surface area contributed by atoms with Gasteiger partial charge in [-0.3, -0.25) is 43.9 Å². The largest absolute Gasteiger partial charge is 0.483 e. The van der Waals surface area contributed by atoms with E-state index in [0.29, 0.717) is 36.8 Å². The Labute approximate surface area is 393 Å². The lowest BCUT2D eigenvalue weighted by Crippen LogP contribution is -2.54. The molecule has 352 valence electrons. The van der Waals surface area contributed by atoms with Crippen LogP contribution in [0.1, 0.15) is 83.7 Å². The number of hydrogen-bond acceptors (Lipinski definition) is 13. The monoisotopic (exact) mass is 921 g/mol. The maximum Gasteiger partial charge on any atom is 0.266 e. The van der Waals surface area contributed by atoms with Gasteiger partial charge < -0.3 is 29.7 Å². The van der Waals surface area contributed by atoms with Gasteiger partial charge in [-0.2, -0.15) is 0 Å². The lowest BCUT2D eigenvalue weighted by Gasteiger charge is -2.37. The van der Waals surface area contributed by atoms with Gasteiger partial charge in [0.15, 0.2) is 23.6 Å². The van der Waals surface area contributed by atoms with Crippen LogP contribution in [0.25, 0.3) is 11.2 Å². The van der Waals surface area contributed by atoms with Crippen molar-refractivity contribution in [1.29, 1.82) is 0 Å². The summed E-state index contributed by atoms with van der Waals surface area (Å²) in [6.07, 6.45) is 9.57. The third-order valence-electron chi connectivity index (χ3n) is 14.1. The highest BCUT2D eigenvalue weighted by Crippen LogP contribution is 2.36. The Morgan fingerprint density at radius 1 is 0.809 bits per heavy atom. The number of piperazine rings is 1. The van der Waals surface area contributed by atoms with Crippen LogP contribution >= 0.6 is 0 Å². The molecule has 10 rings (SSSR count). The second-order valence-corrected chi connectivity index (χ2v) is 18.5. The molecule has 6 amide bonds. The minimum atomic E-state index is -1.08. The maximum absolute atomic E-state index is 13.4. The Morgan fingerprint density at radius 2 is 1.59 bits per heavy atom. The molecule has 1 saturated carbocycles. The van der Waals surface area contributed by atoms with Gasteiger partial charge in [-0.05, 0) is 99.4 Å². The molecule has 18 heteroatoms. The van der Waals surface area contributed by atoms with Crippen LogP contribution in [0.5, 0.6) is 5.75 Å². The van der Waals surface area contributed by atoms with Crippen LogP contribution in [-0.4, -0.2) is 134 Å². The number of nitrogens with zero attached hydrogens (tertiary/aromatic N) is 8. The Bertz CT molecular complexity index is 2710. The molecule has 3 N–H and O–H groups in total. The van der Waals surface area contributed by atoms with Crippen LogP contribution in [0.3, 0.4) is 0 Å². The zero-order valence-electron chi connectivity index (χ0n) is 37.8. The number of carbonyl (C=O) groups is 6. The molecule has 1 atom stereocenters. The number of carbonyl (C=O) groups excluding carboxylic acids is 6. The van der Waals surface area contributed by atoms with Gasteiger partial charge in [-0.1, -0.05) is 36.4 Å². The third kappa shape index (κ3) is 9.50. The van der Waals surface area contributed by atoms with Gasteiger partial charge >= 0.3 is 0 Å². The van der Waals surface area contributed by atoms with E-state index in [2.05, 4.69) is 69.5 Å². The fraction of sp³-hybridized carbons (Fsp3) is 0.420. The number of ether oxygens (including phenoxy) is 1. The fourth-order valence-corrected chi connectivity index (χ4v) is 10.2. The average Bonchev–Trinajstić information content (AvgIpc) is 3.88. The molecule has 4 aliphatic heterocycles. The summed E-state index contributed by atoms with van der Waals surface area (Å²) < 4.78 is 7.95. The standard InChI is InChI=1S/C50H55N11O7/c62-41-16-15-39(48(65)56-41)61-49(66)38-9-4-10-40(44(38)50(61)67)68-29-43(64)59-20-17-32(18-21-59)8-5-19-57-22-24-58(25-23-57)36-13-11-34(12-14-36)55-46-45-47(52-30-51-46)60(31-53-45)37-27-35(28-37)54-42(63)26-33-6-2-1-3-7-33/h1-4,6-7,9-14,30-32,35,37,39H,5,8,15-29H2,(H,54,63)(H,51,52,55)(H,56,62,65)/t35?,37?,39-/m0/s1. The lowest BCUT2D eigenvalue weighted by molar-refractivity contribution is -0.136. The minimum Gasteiger partial charge on any atom is -0.483 e.